The first kappa shape index (κ1) is 10.3. The molecule has 15 heavy (non-hydrogen) atoms. The number of pyridine rings is 1. The molecule has 1 aliphatic rings. The molecule has 0 fully saturated rings. The summed E-state index contributed by atoms with van der Waals surface area (Å²) in [5.74, 6) is 1.23. The van der Waals surface area contributed by atoms with Gasteiger partial charge in [-0.05, 0) is 24.5 Å². The molecule has 0 bridgehead atoms. The number of nitrogens with two attached hydrogens (primary N) is 1. The van der Waals surface area contributed by atoms with E-state index < -0.39 is 0 Å². The zero-order valence-corrected chi connectivity index (χ0v) is 9.50. The summed E-state index contributed by atoms with van der Waals surface area (Å²) in [4.78, 5) is 5.51. The Bertz CT molecular complexity index is 410. The lowest BCUT2D eigenvalue weighted by molar-refractivity contribution is 0.735. The van der Waals surface area contributed by atoms with E-state index in [0.29, 0.717) is 11.7 Å². The van der Waals surface area contributed by atoms with Gasteiger partial charge in [-0.2, -0.15) is 0 Å². The molecule has 1 unspecified atom stereocenters. The molecule has 0 aliphatic heterocycles. The van der Waals surface area contributed by atoms with E-state index in [-0.39, 0.29) is 0 Å². The van der Waals surface area contributed by atoms with Crippen LogP contribution in [0.15, 0.2) is 46.4 Å². The van der Waals surface area contributed by atoms with Gasteiger partial charge in [0.05, 0.1) is 0 Å². The first-order chi connectivity index (χ1) is 7.24. The van der Waals surface area contributed by atoms with Crippen molar-refractivity contribution in [2.24, 2.45) is 5.92 Å². The highest BCUT2D eigenvalue weighted by Crippen LogP contribution is 2.30. The van der Waals surface area contributed by atoms with Gasteiger partial charge in [0.15, 0.2) is 0 Å². The second kappa shape index (κ2) is 4.53. The maximum atomic E-state index is 5.62. The number of rotatable bonds is 2. The average Bonchev–Trinajstić information content (AvgIpc) is 2.22. The molecule has 0 saturated heterocycles. The molecule has 0 saturated carbocycles. The van der Waals surface area contributed by atoms with E-state index in [2.05, 4.69) is 30.1 Å². The highest BCUT2D eigenvalue weighted by Gasteiger charge is 2.05. The number of hydrogen-bond donors (Lipinski definition) is 1. The number of nitrogen functional groups attached to an aromatic ring is 1. The van der Waals surface area contributed by atoms with Gasteiger partial charge in [-0.25, -0.2) is 4.98 Å². The highest BCUT2D eigenvalue weighted by atomic mass is 32.2. The van der Waals surface area contributed by atoms with Crippen LogP contribution in [-0.4, -0.2) is 4.98 Å². The van der Waals surface area contributed by atoms with Crippen molar-refractivity contribution in [1.29, 1.82) is 0 Å². The fourth-order valence-electron chi connectivity index (χ4n) is 1.39. The molecule has 0 radical (unpaired) electrons. The second-order valence-corrected chi connectivity index (χ2v) is 4.78. The Kier molecular flexibility index (Phi) is 3.11. The number of nitrogens with zero attached hydrogens (tertiary/aromatic N) is 1. The second-order valence-electron chi connectivity index (χ2n) is 3.68. The minimum absolute atomic E-state index is 0.578. The van der Waals surface area contributed by atoms with Crippen LogP contribution in [0, 0.1) is 5.92 Å². The molecular formula is C12H14N2S. The molecule has 1 aromatic rings. The Morgan fingerprint density at radius 1 is 1.47 bits per heavy atom. The van der Waals surface area contributed by atoms with E-state index in [9.17, 15) is 0 Å². The lowest BCUT2D eigenvalue weighted by Gasteiger charge is -2.10. The quantitative estimate of drug-likeness (QED) is 0.828. The van der Waals surface area contributed by atoms with Crippen LogP contribution in [0.2, 0.25) is 0 Å². The summed E-state index contributed by atoms with van der Waals surface area (Å²) < 4.78 is 0. The van der Waals surface area contributed by atoms with E-state index in [1.807, 2.05) is 12.1 Å². The van der Waals surface area contributed by atoms with Gasteiger partial charge in [0.25, 0.3) is 0 Å². The SMILES string of the molecule is CC1C=CC(Sc2cccc(N)n2)=CC1. The fourth-order valence-corrected chi connectivity index (χ4v) is 2.26. The average molecular weight is 218 g/mol. The molecule has 1 atom stereocenters. The van der Waals surface area contributed by atoms with Gasteiger partial charge >= 0.3 is 0 Å². The fraction of sp³-hybridized carbons (Fsp3) is 0.250. The maximum Gasteiger partial charge on any atom is 0.124 e. The molecule has 0 spiro atoms. The van der Waals surface area contributed by atoms with Gasteiger partial charge in [0, 0.05) is 4.91 Å². The van der Waals surface area contributed by atoms with E-state index in [0.717, 1.165) is 11.4 Å². The normalized spacial score (nSPS) is 20.1. The molecule has 78 valence electrons. The minimum atomic E-state index is 0.578. The van der Waals surface area contributed by atoms with Crippen molar-refractivity contribution in [2.75, 3.05) is 5.73 Å². The third kappa shape index (κ3) is 2.86. The molecule has 2 nitrogen and oxygen atoms in total. The number of allylic oxidation sites excluding steroid dienone is 3. The summed E-state index contributed by atoms with van der Waals surface area (Å²) in [5, 5.41) is 0.959. The van der Waals surface area contributed by atoms with E-state index in [1.165, 1.54) is 4.91 Å². The largest absolute Gasteiger partial charge is 0.384 e. The van der Waals surface area contributed by atoms with E-state index >= 15 is 0 Å². The Hall–Kier alpha value is -1.22. The Morgan fingerprint density at radius 3 is 3.00 bits per heavy atom. The van der Waals surface area contributed by atoms with Crippen molar-refractivity contribution in [1.82, 2.24) is 4.98 Å². The first-order valence-electron chi connectivity index (χ1n) is 5.03. The van der Waals surface area contributed by atoms with Gasteiger partial charge in [-0.15, -0.1) is 0 Å². The lowest BCUT2D eigenvalue weighted by atomic mass is 10.0. The third-order valence-corrected chi connectivity index (χ3v) is 3.22. The predicted molar refractivity (Wildman–Crippen MR) is 65.5 cm³/mol. The van der Waals surface area contributed by atoms with Crippen LogP contribution in [-0.2, 0) is 0 Å². The summed E-state index contributed by atoms with van der Waals surface area (Å²) in [6.45, 7) is 2.22. The maximum absolute atomic E-state index is 5.62. The minimum Gasteiger partial charge on any atom is -0.384 e. The molecular weight excluding hydrogens is 204 g/mol. The van der Waals surface area contributed by atoms with Crippen LogP contribution >= 0.6 is 11.8 Å². The first-order valence-corrected chi connectivity index (χ1v) is 5.84. The molecule has 1 heterocycles. The topological polar surface area (TPSA) is 38.9 Å². The molecule has 2 N–H and O–H groups in total. The standard InChI is InChI=1S/C12H14N2S/c1-9-5-7-10(8-6-9)15-12-4-2-3-11(13)14-12/h2-5,7-9H,6H2,1H3,(H2,13,14). The molecule has 0 amide bonds. The van der Waals surface area contributed by atoms with Crippen LogP contribution < -0.4 is 5.73 Å². The molecule has 0 aromatic carbocycles. The monoisotopic (exact) mass is 218 g/mol. The number of anilines is 1. The van der Waals surface area contributed by atoms with Gasteiger partial charge in [-0.3, -0.25) is 0 Å². The Morgan fingerprint density at radius 2 is 2.33 bits per heavy atom. The van der Waals surface area contributed by atoms with Gasteiger partial charge < -0.3 is 5.73 Å². The number of thioether (sulfide) groups is 1. The zero-order chi connectivity index (χ0) is 10.7. The Labute approximate surface area is 94.3 Å². The lowest BCUT2D eigenvalue weighted by Crippen LogP contribution is -1.93. The van der Waals surface area contributed by atoms with Crippen LogP contribution in [0.3, 0.4) is 0 Å². The van der Waals surface area contributed by atoms with Crippen molar-refractivity contribution in [3.8, 4) is 0 Å². The number of aromatic nitrogens is 1. The summed E-state index contributed by atoms with van der Waals surface area (Å²) >= 11 is 1.66. The highest BCUT2D eigenvalue weighted by molar-refractivity contribution is 8.03. The van der Waals surface area contributed by atoms with Crippen molar-refractivity contribution in [2.45, 2.75) is 18.4 Å². The van der Waals surface area contributed by atoms with Crippen LogP contribution in [0.1, 0.15) is 13.3 Å². The predicted octanol–water partition coefficient (Wildman–Crippen LogP) is 3.24. The summed E-state index contributed by atoms with van der Waals surface area (Å²) in [6.07, 6.45) is 7.75. The van der Waals surface area contributed by atoms with Crippen LogP contribution in [0.4, 0.5) is 5.82 Å². The van der Waals surface area contributed by atoms with Gasteiger partial charge in [0.2, 0.25) is 0 Å². The Balaban J connectivity index is 2.07. The zero-order valence-electron chi connectivity index (χ0n) is 8.68. The molecule has 3 heteroatoms. The van der Waals surface area contributed by atoms with Crippen molar-refractivity contribution in [3.05, 3.63) is 41.3 Å². The van der Waals surface area contributed by atoms with Crippen molar-refractivity contribution >= 4 is 17.6 Å². The molecule has 1 aliphatic carbocycles. The van der Waals surface area contributed by atoms with Gasteiger partial charge in [0.1, 0.15) is 10.8 Å². The summed E-state index contributed by atoms with van der Waals surface area (Å²) in [6, 6.07) is 5.71. The van der Waals surface area contributed by atoms with Gasteiger partial charge in [-0.1, -0.05) is 43.0 Å². The number of hydrogen-bond acceptors (Lipinski definition) is 3. The molecule has 2 rings (SSSR count). The summed E-state index contributed by atoms with van der Waals surface area (Å²) in [7, 11) is 0. The van der Waals surface area contributed by atoms with Crippen LogP contribution in [0.25, 0.3) is 0 Å². The van der Waals surface area contributed by atoms with E-state index in [4.69, 9.17) is 5.73 Å². The molecule has 1 aromatic heterocycles. The van der Waals surface area contributed by atoms with Crippen molar-refractivity contribution < 1.29 is 0 Å². The van der Waals surface area contributed by atoms with Crippen LogP contribution in [0.5, 0.6) is 0 Å². The van der Waals surface area contributed by atoms with Crippen molar-refractivity contribution in [3.63, 3.8) is 0 Å². The summed E-state index contributed by atoms with van der Waals surface area (Å²) in [5.41, 5.74) is 5.62. The smallest absolute Gasteiger partial charge is 0.124 e. The van der Waals surface area contributed by atoms with E-state index in [1.54, 1.807) is 17.8 Å². The third-order valence-electron chi connectivity index (χ3n) is 2.25.